The zero-order chi connectivity index (χ0) is 9.90. The summed E-state index contributed by atoms with van der Waals surface area (Å²) in [5.41, 5.74) is 1.39. The summed E-state index contributed by atoms with van der Waals surface area (Å²) in [6.45, 7) is 7.27. The fourth-order valence-corrected chi connectivity index (χ4v) is 1.25. The van der Waals surface area contributed by atoms with E-state index >= 15 is 0 Å². The average molecular weight is 176 g/mol. The molecule has 0 aromatic heterocycles. The first-order valence-corrected chi connectivity index (χ1v) is 4.47. The Labute approximate surface area is 79.7 Å². The summed E-state index contributed by atoms with van der Waals surface area (Å²) in [5, 5.41) is 9.76. The second-order valence-corrected chi connectivity index (χ2v) is 3.75. The molecule has 1 aromatic carbocycles. The van der Waals surface area contributed by atoms with Crippen molar-refractivity contribution in [3.8, 4) is 0 Å². The van der Waals surface area contributed by atoms with Gasteiger partial charge in [-0.3, -0.25) is 0 Å². The number of hydrogen-bond acceptors (Lipinski definition) is 1. The quantitative estimate of drug-likeness (QED) is 0.702. The predicted octanol–water partition coefficient (Wildman–Crippen LogP) is 2.64. The highest BCUT2D eigenvalue weighted by atomic mass is 16.3. The van der Waals surface area contributed by atoms with Crippen LogP contribution in [0.1, 0.15) is 25.0 Å². The zero-order valence-electron chi connectivity index (χ0n) is 8.25. The van der Waals surface area contributed by atoms with E-state index in [0.29, 0.717) is 0 Å². The molecule has 0 unspecified atom stereocenters. The Balaban J connectivity index is 2.98. The second kappa shape index (κ2) is 3.75. The molecule has 1 aromatic rings. The molecule has 0 fully saturated rings. The maximum absolute atomic E-state index is 9.76. The van der Waals surface area contributed by atoms with Crippen molar-refractivity contribution in [2.45, 2.75) is 25.9 Å². The van der Waals surface area contributed by atoms with E-state index < -0.39 is 5.60 Å². The van der Waals surface area contributed by atoms with Crippen molar-refractivity contribution in [1.82, 2.24) is 0 Å². The third kappa shape index (κ3) is 2.71. The van der Waals surface area contributed by atoms with Crippen LogP contribution in [0, 0.1) is 0 Å². The lowest BCUT2D eigenvalue weighted by Crippen LogP contribution is -2.15. The SMILES string of the molecule is C=CCc1cccc(C(C)(C)O)c1. The Morgan fingerprint density at radius 1 is 1.46 bits per heavy atom. The summed E-state index contributed by atoms with van der Waals surface area (Å²) in [6.07, 6.45) is 2.72. The minimum atomic E-state index is -0.753. The summed E-state index contributed by atoms with van der Waals surface area (Å²) in [7, 11) is 0. The van der Waals surface area contributed by atoms with Crippen LogP contribution in [-0.2, 0) is 12.0 Å². The van der Waals surface area contributed by atoms with Gasteiger partial charge in [0.25, 0.3) is 0 Å². The molecule has 70 valence electrons. The van der Waals surface area contributed by atoms with Crippen LogP contribution < -0.4 is 0 Å². The van der Waals surface area contributed by atoms with E-state index in [2.05, 4.69) is 6.58 Å². The third-order valence-electron chi connectivity index (χ3n) is 2.01. The van der Waals surface area contributed by atoms with Crippen molar-refractivity contribution in [3.05, 3.63) is 48.0 Å². The largest absolute Gasteiger partial charge is 0.386 e. The molecule has 0 spiro atoms. The average Bonchev–Trinajstić information content (AvgIpc) is 2.04. The van der Waals surface area contributed by atoms with Gasteiger partial charge in [0, 0.05) is 0 Å². The third-order valence-corrected chi connectivity index (χ3v) is 2.01. The number of aliphatic hydroxyl groups is 1. The van der Waals surface area contributed by atoms with Gasteiger partial charge in [-0.2, -0.15) is 0 Å². The molecule has 13 heavy (non-hydrogen) atoms. The van der Waals surface area contributed by atoms with Crippen molar-refractivity contribution in [1.29, 1.82) is 0 Å². The summed E-state index contributed by atoms with van der Waals surface area (Å²) in [5.74, 6) is 0. The van der Waals surface area contributed by atoms with E-state index in [1.807, 2.05) is 30.3 Å². The molecule has 0 heterocycles. The van der Waals surface area contributed by atoms with Crippen molar-refractivity contribution in [2.24, 2.45) is 0 Å². The lowest BCUT2D eigenvalue weighted by atomic mass is 9.96. The summed E-state index contributed by atoms with van der Waals surface area (Å²) < 4.78 is 0. The van der Waals surface area contributed by atoms with Crippen LogP contribution in [0.4, 0.5) is 0 Å². The van der Waals surface area contributed by atoms with Crippen LogP contribution in [0.2, 0.25) is 0 Å². The Bertz CT molecular complexity index is 294. The number of benzene rings is 1. The summed E-state index contributed by atoms with van der Waals surface area (Å²) in [4.78, 5) is 0. The van der Waals surface area contributed by atoms with E-state index in [1.165, 1.54) is 5.56 Å². The Morgan fingerprint density at radius 2 is 2.15 bits per heavy atom. The van der Waals surface area contributed by atoms with Crippen LogP contribution in [0.15, 0.2) is 36.9 Å². The van der Waals surface area contributed by atoms with Crippen molar-refractivity contribution in [2.75, 3.05) is 0 Å². The lowest BCUT2D eigenvalue weighted by Gasteiger charge is -2.18. The van der Waals surface area contributed by atoms with E-state index in [9.17, 15) is 5.11 Å². The molecular formula is C12H16O. The molecule has 1 heteroatoms. The molecule has 0 saturated carbocycles. The molecule has 0 aliphatic rings. The number of hydrogen-bond donors (Lipinski definition) is 1. The van der Waals surface area contributed by atoms with Crippen LogP contribution in [-0.4, -0.2) is 5.11 Å². The first kappa shape index (κ1) is 10.0. The van der Waals surface area contributed by atoms with E-state index in [4.69, 9.17) is 0 Å². The molecule has 1 rings (SSSR count). The van der Waals surface area contributed by atoms with Gasteiger partial charge in [0.2, 0.25) is 0 Å². The predicted molar refractivity (Wildman–Crippen MR) is 55.6 cm³/mol. The van der Waals surface area contributed by atoms with Gasteiger partial charge in [-0.05, 0) is 31.4 Å². The Kier molecular flexibility index (Phi) is 2.89. The molecule has 0 aliphatic heterocycles. The van der Waals surface area contributed by atoms with Gasteiger partial charge < -0.3 is 5.11 Å². The number of rotatable bonds is 3. The minimum absolute atomic E-state index is 0.753. The van der Waals surface area contributed by atoms with E-state index in [1.54, 1.807) is 13.8 Å². The zero-order valence-corrected chi connectivity index (χ0v) is 8.25. The smallest absolute Gasteiger partial charge is 0.0840 e. The molecule has 0 amide bonds. The van der Waals surface area contributed by atoms with Crippen LogP contribution >= 0.6 is 0 Å². The molecule has 0 radical (unpaired) electrons. The normalized spacial score (nSPS) is 11.3. The molecule has 1 nitrogen and oxygen atoms in total. The standard InChI is InChI=1S/C12H16O/c1-4-6-10-7-5-8-11(9-10)12(2,3)13/h4-5,7-9,13H,1,6H2,2-3H3. The maximum atomic E-state index is 9.76. The van der Waals surface area contributed by atoms with Gasteiger partial charge >= 0.3 is 0 Å². The van der Waals surface area contributed by atoms with Gasteiger partial charge in [0.1, 0.15) is 0 Å². The summed E-state index contributed by atoms with van der Waals surface area (Å²) >= 11 is 0. The fraction of sp³-hybridized carbons (Fsp3) is 0.333. The highest BCUT2D eigenvalue weighted by Gasteiger charge is 2.15. The first-order valence-electron chi connectivity index (χ1n) is 4.47. The highest BCUT2D eigenvalue weighted by molar-refractivity contribution is 5.28. The molecule has 0 saturated heterocycles. The second-order valence-electron chi connectivity index (χ2n) is 3.75. The molecule has 0 bridgehead atoms. The molecule has 1 N–H and O–H groups in total. The van der Waals surface area contributed by atoms with Crippen LogP contribution in [0.25, 0.3) is 0 Å². The van der Waals surface area contributed by atoms with Gasteiger partial charge in [0.15, 0.2) is 0 Å². The minimum Gasteiger partial charge on any atom is -0.386 e. The van der Waals surface area contributed by atoms with Gasteiger partial charge in [-0.1, -0.05) is 30.3 Å². The van der Waals surface area contributed by atoms with Crippen molar-refractivity contribution < 1.29 is 5.11 Å². The Morgan fingerprint density at radius 3 is 2.69 bits per heavy atom. The molecule has 0 aliphatic carbocycles. The number of allylic oxidation sites excluding steroid dienone is 1. The first-order chi connectivity index (χ1) is 6.04. The van der Waals surface area contributed by atoms with Crippen molar-refractivity contribution in [3.63, 3.8) is 0 Å². The van der Waals surface area contributed by atoms with Gasteiger partial charge in [-0.15, -0.1) is 6.58 Å². The fourth-order valence-electron chi connectivity index (χ4n) is 1.25. The van der Waals surface area contributed by atoms with Gasteiger partial charge in [0.05, 0.1) is 5.60 Å². The van der Waals surface area contributed by atoms with E-state index in [-0.39, 0.29) is 0 Å². The molecule has 0 atom stereocenters. The van der Waals surface area contributed by atoms with Crippen LogP contribution in [0.5, 0.6) is 0 Å². The molecular weight excluding hydrogens is 160 g/mol. The van der Waals surface area contributed by atoms with Crippen LogP contribution in [0.3, 0.4) is 0 Å². The lowest BCUT2D eigenvalue weighted by molar-refractivity contribution is 0.0785. The van der Waals surface area contributed by atoms with E-state index in [0.717, 1.165) is 12.0 Å². The maximum Gasteiger partial charge on any atom is 0.0840 e. The topological polar surface area (TPSA) is 20.2 Å². The van der Waals surface area contributed by atoms with Gasteiger partial charge in [-0.25, -0.2) is 0 Å². The summed E-state index contributed by atoms with van der Waals surface area (Å²) in [6, 6.07) is 7.96. The Hall–Kier alpha value is -1.08. The van der Waals surface area contributed by atoms with Crippen molar-refractivity contribution >= 4 is 0 Å². The monoisotopic (exact) mass is 176 g/mol. The highest BCUT2D eigenvalue weighted by Crippen LogP contribution is 2.20.